The van der Waals surface area contributed by atoms with Crippen molar-refractivity contribution in [1.82, 2.24) is 24.8 Å². The first-order valence-corrected chi connectivity index (χ1v) is 9.42. The summed E-state index contributed by atoms with van der Waals surface area (Å²) >= 11 is 0. The second-order valence-electron chi connectivity index (χ2n) is 6.71. The van der Waals surface area contributed by atoms with Crippen molar-refractivity contribution < 1.29 is 14.3 Å². The molecule has 1 amide bonds. The standard InChI is InChI=1S/C21H21N5O3/c1-28-16-4-6-17(7-5-16)29-20-19(24-10-11-25-20)15-3-2-12-26(14-15)21(27)18-13-22-8-9-23-18/h4-11,13,15H,2-3,12,14H2,1H3/t15-/m0/s1. The Hall–Kier alpha value is -3.55. The van der Waals surface area contributed by atoms with Crippen LogP contribution in [0.5, 0.6) is 17.4 Å². The summed E-state index contributed by atoms with van der Waals surface area (Å²) in [6, 6.07) is 7.30. The summed E-state index contributed by atoms with van der Waals surface area (Å²) in [5.41, 5.74) is 1.10. The average molecular weight is 391 g/mol. The molecule has 1 atom stereocenters. The molecule has 8 nitrogen and oxygen atoms in total. The van der Waals surface area contributed by atoms with Crippen LogP contribution in [0.1, 0.15) is 34.9 Å². The van der Waals surface area contributed by atoms with Gasteiger partial charge in [-0.05, 0) is 37.1 Å². The molecule has 0 saturated carbocycles. The summed E-state index contributed by atoms with van der Waals surface area (Å²) in [7, 11) is 1.62. The lowest BCUT2D eigenvalue weighted by Crippen LogP contribution is -2.39. The molecule has 1 fully saturated rings. The van der Waals surface area contributed by atoms with E-state index >= 15 is 0 Å². The number of amides is 1. The van der Waals surface area contributed by atoms with Crippen LogP contribution >= 0.6 is 0 Å². The second kappa shape index (κ2) is 8.64. The highest BCUT2D eigenvalue weighted by molar-refractivity contribution is 5.92. The first-order valence-electron chi connectivity index (χ1n) is 9.42. The molecular weight excluding hydrogens is 370 g/mol. The molecule has 0 bridgehead atoms. The van der Waals surface area contributed by atoms with Crippen LogP contribution in [0.25, 0.3) is 0 Å². The molecule has 0 radical (unpaired) electrons. The topological polar surface area (TPSA) is 90.3 Å². The van der Waals surface area contributed by atoms with Crippen molar-refractivity contribution in [2.75, 3.05) is 20.2 Å². The van der Waals surface area contributed by atoms with Crippen molar-refractivity contribution in [2.45, 2.75) is 18.8 Å². The molecule has 1 aromatic carbocycles. The summed E-state index contributed by atoms with van der Waals surface area (Å²) < 4.78 is 11.2. The fraction of sp³-hybridized carbons (Fsp3) is 0.286. The number of rotatable bonds is 5. The van der Waals surface area contributed by atoms with Crippen molar-refractivity contribution in [3.05, 3.63) is 66.6 Å². The quantitative estimate of drug-likeness (QED) is 0.660. The van der Waals surface area contributed by atoms with Crippen LogP contribution in [0.4, 0.5) is 0 Å². The van der Waals surface area contributed by atoms with Gasteiger partial charge in [0.05, 0.1) is 13.3 Å². The largest absolute Gasteiger partial charge is 0.497 e. The number of aromatic nitrogens is 4. The van der Waals surface area contributed by atoms with Gasteiger partial charge < -0.3 is 14.4 Å². The van der Waals surface area contributed by atoms with E-state index in [1.54, 1.807) is 30.6 Å². The van der Waals surface area contributed by atoms with Gasteiger partial charge in [-0.15, -0.1) is 0 Å². The minimum Gasteiger partial charge on any atom is -0.497 e. The smallest absolute Gasteiger partial charge is 0.274 e. The first-order chi connectivity index (χ1) is 14.2. The van der Waals surface area contributed by atoms with E-state index in [9.17, 15) is 4.79 Å². The van der Waals surface area contributed by atoms with Crippen LogP contribution < -0.4 is 9.47 Å². The molecule has 1 aliphatic rings. The number of ether oxygens (including phenoxy) is 2. The highest BCUT2D eigenvalue weighted by Gasteiger charge is 2.29. The number of nitrogens with zero attached hydrogens (tertiary/aromatic N) is 5. The number of hydrogen-bond donors (Lipinski definition) is 0. The van der Waals surface area contributed by atoms with E-state index < -0.39 is 0 Å². The highest BCUT2D eigenvalue weighted by Crippen LogP contribution is 2.33. The van der Waals surface area contributed by atoms with Crippen LogP contribution in [0.3, 0.4) is 0 Å². The zero-order valence-electron chi connectivity index (χ0n) is 16.1. The lowest BCUT2D eigenvalue weighted by atomic mass is 9.94. The van der Waals surface area contributed by atoms with Gasteiger partial charge in [0.2, 0.25) is 5.88 Å². The summed E-state index contributed by atoms with van der Waals surface area (Å²) in [6.45, 7) is 1.22. The summed E-state index contributed by atoms with van der Waals surface area (Å²) in [5, 5.41) is 0. The summed E-state index contributed by atoms with van der Waals surface area (Å²) in [4.78, 5) is 31.6. The molecule has 3 aromatic rings. The van der Waals surface area contributed by atoms with Gasteiger partial charge in [0.25, 0.3) is 5.91 Å². The fourth-order valence-corrected chi connectivity index (χ4v) is 3.41. The van der Waals surface area contributed by atoms with Gasteiger partial charge >= 0.3 is 0 Å². The molecule has 2 aromatic heterocycles. The number of hydrogen-bond acceptors (Lipinski definition) is 7. The average Bonchev–Trinajstić information content (AvgIpc) is 2.80. The van der Waals surface area contributed by atoms with E-state index in [1.165, 1.54) is 12.4 Å². The maximum atomic E-state index is 12.8. The van der Waals surface area contributed by atoms with Gasteiger partial charge in [0.1, 0.15) is 22.9 Å². The third-order valence-electron chi connectivity index (χ3n) is 4.84. The third-order valence-corrected chi connectivity index (χ3v) is 4.84. The Kier molecular flexibility index (Phi) is 5.60. The van der Waals surface area contributed by atoms with Crippen LogP contribution in [0.2, 0.25) is 0 Å². The Labute approximate surface area is 168 Å². The van der Waals surface area contributed by atoms with Crippen LogP contribution in [0.15, 0.2) is 55.2 Å². The van der Waals surface area contributed by atoms with E-state index in [0.717, 1.165) is 24.3 Å². The van der Waals surface area contributed by atoms with Crippen molar-refractivity contribution in [3.8, 4) is 17.4 Å². The number of piperidine rings is 1. The molecule has 0 aliphatic carbocycles. The molecule has 0 spiro atoms. The summed E-state index contributed by atoms with van der Waals surface area (Å²) in [6.07, 6.45) is 9.60. The zero-order chi connectivity index (χ0) is 20.1. The number of carbonyl (C=O) groups excluding carboxylic acids is 1. The van der Waals surface area contributed by atoms with Gasteiger partial charge in [0, 0.05) is 43.8 Å². The Morgan fingerprint density at radius 3 is 2.55 bits per heavy atom. The molecule has 8 heteroatoms. The van der Waals surface area contributed by atoms with Gasteiger partial charge in [0.15, 0.2) is 0 Å². The number of methoxy groups -OCH3 is 1. The Morgan fingerprint density at radius 2 is 1.79 bits per heavy atom. The Morgan fingerprint density at radius 1 is 1.03 bits per heavy atom. The van der Waals surface area contributed by atoms with Gasteiger partial charge in [-0.1, -0.05) is 0 Å². The van der Waals surface area contributed by atoms with Crippen molar-refractivity contribution in [3.63, 3.8) is 0 Å². The molecule has 1 aliphatic heterocycles. The number of benzene rings is 1. The van der Waals surface area contributed by atoms with Crippen LogP contribution in [-0.2, 0) is 0 Å². The molecule has 0 unspecified atom stereocenters. The van der Waals surface area contributed by atoms with E-state index in [-0.39, 0.29) is 11.8 Å². The van der Waals surface area contributed by atoms with Gasteiger partial charge in [-0.2, -0.15) is 0 Å². The molecule has 3 heterocycles. The fourth-order valence-electron chi connectivity index (χ4n) is 3.41. The maximum Gasteiger partial charge on any atom is 0.274 e. The van der Waals surface area contributed by atoms with Crippen molar-refractivity contribution in [1.29, 1.82) is 0 Å². The minimum atomic E-state index is -0.121. The normalized spacial score (nSPS) is 16.3. The van der Waals surface area contributed by atoms with E-state index in [4.69, 9.17) is 9.47 Å². The molecular formula is C21H21N5O3. The van der Waals surface area contributed by atoms with Crippen LogP contribution in [-0.4, -0.2) is 50.9 Å². The van der Waals surface area contributed by atoms with Crippen LogP contribution in [0, 0.1) is 0 Å². The lowest BCUT2D eigenvalue weighted by molar-refractivity contribution is 0.0698. The molecule has 148 valence electrons. The second-order valence-corrected chi connectivity index (χ2v) is 6.71. The predicted octanol–water partition coefficient (Wildman–Crippen LogP) is 3.09. The van der Waals surface area contributed by atoms with E-state index in [2.05, 4.69) is 19.9 Å². The first kappa shape index (κ1) is 18.8. The zero-order valence-corrected chi connectivity index (χ0v) is 16.1. The Balaban J connectivity index is 1.52. The van der Waals surface area contributed by atoms with Gasteiger partial charge in [-0.25, -0.2) is 9.97 Å². The van der Waals surface area contributed by atoms with E-state index in [1.807, 2.05) is 24.3 Å². The third kappa shape index (κ3) is 4.31. The molecule has 0 N–H and O–H groups in total. The SMILES string of the molecule is COc1ccc(Oc2nccnc2[C@H]2CCCN(C(=O)c3cnccn3)C2)cc1. The summed E-state index contributed by atoms with van der Waals surface area (Å²) in [5.74, 6) is 1.77. The highest BCUT2D eigenvalue weighted by atomic mass is 16.5. The van der Waals surface area contributed by atoms with Crippen molar-refractivity contribution in [2.24, 2.45) is 0 Å². The minimum absolute atomic E-state index is 0.0336. The lowest BCUT2D eigenvalue weighted by Gasteiger charge is -2.32. The van der Waals surface area contributed by atoms with Crippen molar-refractivity contribution >= 4 is 5.91 Å². The number of carbonyl (C=O) groups is 1. The van der Waals surface area contributed by atoms with E-state index in [0.29, 0.717) is 30.4 Å². The number of likely N-dealkylation sites (tertiary alicyclic amines) is 1. The predicted molar refractivity (Wildman–Crippen MR) is 105 cm³/mol. The van der Waals surface area contributed by atoms with Gasteiger partial charge in [-0.3, -0.25) is 14.8 Å². The Bertz CT molecular complexity index is 966. The maximum absolute atomic E-state index is 12.8. The monoisotopic (exact) mass is 391 g/mol. The molecule has 1 saturated heterocycles. The molecule has 29 heavy (non-hydrogen) atoms. The molecule has 4 rings (SSSR count).